The highest BCUT2D eigenvalue weighted by Crippen LogP contribution is 2.36. The van der Waals surface area contributed by atoms with E-state index in [2.05, 4.69) is 9.88 Å². The normalized spacial score (nSPS) is 13.3. The first-order valence-corrected chi connectivity index (χ1v) is 10.1. The van der Waals surface area contributed by atoms with E-state index in [1.165, 1.54) is 12.1 Å². The highest BCUT2D eigenvalue weighted by atomic mass is 32.2. The van der Waals surface area contributed by atoms with Crippen LogP contribution in [-0.2, 0) is 12.3 Å². The summed E-state index contributed by atoms with van der Waals surface area (Å²) < 4.78 is 35.3. The topological polar surface area (TPSA) is 30.3 Å². The SMILES string of the molecule is CSCc1ccc(Oc2ccc(F)cc2F)c(C2=CN(C)Cc3cncn32)c1. The zero-order valence-electron chi connectivity index (χ0n) is 15.5. The molecule has 1 aliphatic rings. The van der Waals surface area contributed by atoms with Crippen molar-refractivity contribution >= 4 is 17.5 Å². The quantitative estimate of drug-likeness (QED) is 0.597. The van der Waals surface area contributed by atoms with Crippen LogP contribution in [0.2, 0.25) is 0 Å². The number of rotatable bonds is 5. The lowest BCUT2D eigenvalue weighted by Gasteiger charge is -2.26. The maximum absolute atomic E-state index is 14.2. The highest BCUT2D eigenvalue weighted by Gasteiger charge is 2.21. The zero-order chi connectivity index (χ0) is 19.7. The van der Waals surface area contributed by atoms with E-state index < -0.39 is 11.6 Å². The van der Waals surface area contributed by atoms with Crippen molar-refractivity contribution in [2.45, 2.75) is 12.3 Å². The standard InChI is InChI=1S/C21H19F2N3OS/c1-25-10-16-9-24-13-26(16)19(11-25)17-7-14(12-28-2)3-5-20(17)27-21-6-4-15(22)8-18(21)23/h3-9,11,13H,10,12H2,1-2H3. The van der Waals surface area contributed by atoms with Gasteiger partial charge in [-0.1, -0.05) is 6.07 Å². The minimum Gasteiger partial charge on any atom is -0.454 e. The van der Waals surface area contributed by atoms with Gasteiger partial charge in [0.1, 0.15) is 11.6 Å². The maximum atomic E-state index is 14.2. The molecule has 0 amide bonds. The van der Waals surface area contributed by atoms with Crippen molar-refractivity contribution in [3.05, 3.63) is 83.6 Å². The summed E-state index contributed by atoms with van der Waals surface area (Å²) in [6, 6.07) is 9.13. The van der Waals surface area contributed by atoms with Crippen molar-refractivity contribution in [1.82, 2.24) is 14.5 Å². The Labute approximate surface area is 166 Å². The van der Waals surface area contributed by atoms with Crippen LogP contribution in [0.25, 0.3) is 5.70 Å². The molecule has 28 heavy (non-hydrogen) atoms. The Morgan fingerprint density at radius 2 is 1.96 bits per heavy atom. The summed E-state index contributed by atoms with van der Waals surface area (Å²) in [5.74, 6) is -0.0531. The molecule has 7 heteroatoms. The molecule has 1 aliphatic heterocycles. The van der Waals surface area contributed by atoms with E-state index in [1.807, 2.05) is 48.5 Å². The molecule has 0 radical (unpaired) electrons. The molecule has 0 bridgehead atoms. The van der Waals surface area contributed by atoms with E-state index in [-0.39, 0.29) is 5.75 Å². The Bertz CT molecular complexity index is 1050. The van der Waals surface area contributed by atoms with Crippen LogP contribution >= 0.6 is 11.8 Å². The van der Waals surface area contributed by atoms with Gasteiger partial charge in [-0.05, 0) is 36.1 Å². The summed E-state index contributed by atoms with van der Waals surface area (Å²) in [6.45, 7) is 0.747. The molecule has 2 aromatic carbocycles. The lowest BCUT2D eigenvalue weighted by atomic mass is 10.1. The first-order valence-electron chi connectivity index (χ1n) is 8.74. The summed E-state index contributed by atoms with van der Waals surface area (Å²) in [7, 11) is 1.99. The summed E-state index contributed by atoms with van der Waals surface area (Å²) in [6.07, 6.45) is 7.65. The van der Waals surface area contributed by atoms with Crippen molar-refractivity contribution in [1.29, 1.82) is 0 Å². The smallest absolute Gasteiger partial charge is 0.168 e. The van der Waals surface area contributed by atoms with Crippen LogP contribution in [0.3, 0.4) is 0 Å². The molecule has 1 aromatic heterocycles. The third-order valence-corrected chi connectivity index (χ3v) is 5.10. The van der Waals surface area contributed by atoms with Gasteiger partial charge in [-0.3, -0.25) is 4.57 Å². The Morgan fingerprint density at radius 3 is 2.75 bits per heavy atom. The minimum atomic E-state index is -0.739. The molecule has 0 unspecified atom stereocenters. The van der Waals surface area contributed by atoms with Gasteiger partial charge in [0.2, 0.25) is 0 Å². The molecule has 0 saturated carbocycles. The van der Waals surface area contributed by atoms with Gasteiger partial charge in [0.15, 0.2) is 11.6 Å². The Morgan fingerprint density at radius 1 is 1.14 bits per heavy atom. The summed E-state index contributed by atoms with van der Waals surface area (Å²) in [5.41, 5.74) is 3.89. The monoisotopic (exact) mass is 399 g/mol. The fraction of sp³-hybridized carbons (Fsp3) is 0.190. The number of benzene rings is 2. The molecule has 0 saturated heterocycles. The molecule has 0 fully saturated rings. The van der Waals surface area contributed by atoms with Crippen LogP contribution < -0.4 is 4.74 Å². The van der Waals surface area contributed by atoms with Crippen LogP contribution in [0.15, 0.2) is 55.1 Å². The molecule has 0 atom stereocenters. The number of hydrogen-bond donors (Lipinski definition) is 0. The third-order valence-electron chi connectivity index (χ3n) is 4.47. The van der Waals surface area contributed by atoms with Gasteiger partial charge >= 0.3 is 0 Å². The van der Waals surface area contributed by atoms with Crippen LogP contribution in [-0.4, -0.2) is 27.8 Å². The third kappa shape index (κ3) is 3.62. The lowest BCUT2D eigenvalue weighted by Crippen LogP contribution is -2.21. The van der Waals surface area contributed by atoms with Crippen molar-refractivity contribution < 1.29 is 13.5 Å². The predicted molar refractivity (Wildman–Crippen MR) is 107 cm³/mol. The average Bonchev–Trinajstić information content (AvgIpc) is 3.13. The Balaban J connectivity index is 1.81. The van der Waals surface area contributed by atoms with Crippen LogP contribution in [0.1, 0.15) is 16.8 Å². The fourth-order valence-corrected chi connectivity index (χ4v) is 3.74. The van der Waals surface area contributed by atoms with Crippen molar-refractivity contribution in [3.8, 4) is 11.5 Å². The largest absolute Gasteiger partial charge is 0.454 e. The number of ether oxygens (including phenoxy) is 1. The number of aromatic nitrogens is 2. The summed E-state index contributed by atoms with van der Waals surface area (Å²) >= 11 is 1.72. The predicted octanol–water partition coefficient (Wildman–Crippen LogP) is 5.11. The van der Waals surface area contributed by atoms with Gasteiger partial charge in [-0.25, -0.2) is 13.8 Å². The van der Waals surface area contributed by atoms with E-state index in [9.17, 15) is 8.78 Å². The van der Waals surface area contributed by atoms with Crippen molar-refractivity contribution in [2.24, 2.45) is 0 Å². The van der Waals surface area contributed by atoms with Gasteiger partial charge in [0.25, 0.3) is 0 Å². The van der Waals surface area contributed by atoms with Crippen LogP contribution in [0, 0.1) is 11.6 Å². The molecule has 4 rings (SSSR count). The molecule has 144 valence electrons. The molecule has 0 aliphatic carbocycles. The van der Waals surface area contributed by atoms with Crippen molar-refractivity contribution in [2.75, 3.05) is 13.3 Å². The zero-order valence-corrected chi connectivity index (χ0v) is 16.3. The van der Waals surface area contributed by atoms with Gasteiger partial charge in [0, 0.05) is 30.6 Å². The molecule has 0 spiro atoms. The van der Waals surface area contributed by atoms with E-state index in [0.717, 1.165) is 40.9 Å². The average molecular weight is 399 g/mol. The van der Waals surface area contributed by atoms with Crippen LogP contribution in [0.4, 0.5) is 8.78 Å². The second-order valence-electron chi connectivity index (χ2n) is 6.62. The number of halogens is 2. The number of imidazole rings is 1. The number of hydrogen-bond acceptors (Lipinski definition) is 4. The Hall–Kier alpha value is -2.80. The minimum absolute atomic E-state index is 0.0177. The summed E-state index contributed by atoms with van der Waals surface area (Å²) in [4.78, 5) is 6.32. The molecule has 2 heterocycles. The summed E-state index contributed by atoms with van der Waals surface area (Å²) in [5, 5.41) is 0. The number of fused-ring (bicyclic) bond motifs is 1. The second kappa shape index (κ2) is 7.67. The lowest BCUT2D eigenvalue weighted by molar-refractivity contribution is 0.423. The van der Waals surface area contributed by atoms with E-state index >= 15 is 0 Å². The molecular weight excluding hydrogens is 380 g/mol. The van der Waals surface area contributed by atoms with Gasteiger partial charge in [0.05, 0.1) is 30.5 Å². The molecular formula is C21H19F2N3OS. The van der Waals surface area contributed by atoms with E-state index in [0.29, 0.717) is 5.75 Å². The van der Waals surface area contributed by atoms with Crippen LogP contribution in [0.5, 0.6) is 11.5 Å². The first kappa shape index (κ1) is 18.6. The molecule has 0 N–H and O–H groups in total. The van der Waals surface area contributed by atoms with E-state index in [4.69, 9.17) is 4.74 Å². The Kier molecular flexibility index (Phi) is 5.09. The van der Waals surface area contributed by atoms with Gasteiger partial charge < -0.3 is 9.64 Å². The van der Waals surface area contributed by atoms with Gasteiger partial charge in [-0.15, -0.1) is 0 Å². The van der Waals surface area contributed by atoms with Gasteiger partial charge in [-0.2, -0.15) is 11.8 Å². The fourth-order valence-electron chi connectivity index (χ4n) is 3.23. The first-order chi connectivity index (χ1) is 13.5. The maximum Gasteiger partial charge on any atom is 0.168 e. The number of nitrogens with zero attached hydrogens (tertiary/aromatic N) is 3. The molecule has 4 nitrogen and oxygen atoms in total. The highest BCUT2D eigenvalue weighted by molar-refractivity contribution is 7.97. The second-order valence-corrected chi connectivity index (χ2v) is 7.49. The van der Waals surface area contributed by atoms with Crippen molar-refractivity contribution in [3.63, 3.8) is 0 Å². The number of thioether (sulfide) groups is 1. The molecule has 3 aromatic rings. The van der Waals surface area contributed by atoms with E-state index in [1.54, 1.807) is 18.1 Å².